The average Bonchev–Trinajstić information content (AvgIpc) is 3.42. The molecule has 1 aromatic heterocycles. The fourth-order valence-electron chi connectivity index (χ4n) is 3.30. The van der Waals surface area contributed by atoms with Crippen LogP contribution in [0.4, 0.5) is 0 Å². The van der Waals surface area contributed by atoms with Crippen LogP contribution in [-0.4, -0.2) is 42.8 Å². The van der Waals surface area contributed by atoms with Crippen LogP contribution in [0.3, 0.4) is 0 Å². The van der Waals surface area contributed by atoms with E-state index in [9.17, 15) is 9.59 Å². The van der Waals surface area contributed by atoms with Crippen molar-refractivity contribution < 1.29 is 14.1 Å². The molecule has 2 fully saturated rings. The van der Waals surface area contributed by atoms with E-state index in [1.807, 2.05) is 6.92 Å². The zero-order valence-electron chi connectivity index (χ0n) is 15.7. The maximum Gasteiger partial charge on any atom is 0.274 e. The number of hydrogen-bond donors (Lipinski definition) is 3. The van der Waals surface area contributed by atoms with E-state index in [4.69, 9.17) is 4.52 Å². The molecule has 3 N–H and O–H groups in total. The quantitative estimate of drug-likeness (QED) is 0.601. The van der Waals surface area contributed by atoms with Gasteiger partial charge in [-0.1, -0.05) is 12.1 Å². The molecular formula is C19H27N5O3. The van der Waals surface area contributed by atoms with Crippen LogP contribution in [0.5, 0.6) is 0 Å². The number of piperidine rings is 1. The molecule has 3 rings (SSSR count). The summed E-state index contributed by atoms with van der Waals surface area (Å²) < 4.78 is 5.26. The highest BCUT2D eigenvalue weighted by Crippen LogP contribution is 2.40. The minimum absolute atomic E-state index is 0.0395. The van der Waals surface area contributed by atoms with Gasteiger partial charge in [-0.05, 0) is 63.9 Å². The second-order valence-corrected chi connectivity index (χ2v) is 7.07. The van der Waals surface area contributed by atoms with E-state index in [-0.39, 0.29) is 17.5 Å². The standard InChI is InChI=1S/C19H27N5O3/c1-3-4-16(20-2)22-19(26)17(13-7-9-21-10-8-13)23-18(25)14-11-15(27-24-14)12-5-6-12/h4,11-13,17,21H,2-3,5-10H2,1H3,(H,22,26)(H,23,25)/b16-4+. The summed E-state index contributed by atoms with van der Waals surface area (Å²) in [6, 6.07) is 1.01. The molecule has 27 heavy (non-hydrogen) atoms. The predicted molar refractivity (Wildman–Crippen MR) is 101 cm³/mol. The second kappa shape index (κ2) is 8.94. The van der Waals surface area contributed by atoms with Crippen molar-refractivity contribution in [3.05, 3.63) is 29.4 Å². The molecule has 2 amide bonds. The summed E-state index contributed by atoms with van der Waals surface area (Å²) in [4.78, 5) is 29.4. The molecule has 0 spiro atoms. The number of aromatic nitrogens is 1. The number of hydrogen-bond acceptors (Lipinski definition) is 6. The molecule has 1 aliphatic heterocycles. The van der Waals surface area contributed by atoms with Gasteiger partial charge in [0.1, 0.15) is 17.6 Å². The first-order chi connectivity index (χ1) is 13.1. The van der Waals surface area contributed by atoms with Gasteiger partial charge in [-0.25, -0.2) is 4.99 Å². The van der Waals surface area contributed by atoms with Crippen molar-refractivity contribution in [3.8, 4) is 0 Å². The number of carbonyl (C=O) groups excluding carboxylic acids is 2. The first kappa shape index (κ1) is 19.3. The van der Waals surface area contributed by atoms with Gasteiger partial charge < -0.3 is 20.5 Å². The summed E-state index contributed by atoms with van der Waals surface area (Å²) in [6.07, 6.45) is 6.25. The first-order valence-electron chi connectivity index (χ1n) is 9.58. The van der Waals surface area contributed by atoms with Crippen molar-refractivity contribution in [2.75, 3.05) is 13.1 Å². The smallest absolute Gasteiger partial charge is 0.274 e. The molecule has 1 aliphatic carbocycles. The van der Waals surface area contributed by atoms with Gasteiger partial charge in [0.2, 0.25) is 5.91 Å². The lowest BCUT2D eigenvalue weighted by Gasteiger charge is -2.30. The zero-order valence-corrected chi connectivity index (χ0v) is 15.7. The SMILES string of the molecule is C=N/C(=C\CC)NC(=O)C(NC(=O)c1cc(C2CC2)on1)C1CCNCC1. The van der Waals surface area contributed by atoms with E-state index >= 15 is 0 Å². The Balaban J connectivity index is 1.71. The first-order valence-corrected chi connectivity index (χ1v) is 9.58. The van der Waals surface area contributed by atoms with Crippen molar-refractivity contribution in [1.82, 2.24) is 21.1 Å². The normalized spacial score (nSPS) is 19.4. The summed E-state index contributed by atoms with van der Waals surface area (Å²) in [6.45, 7) is 7.07. The number of carbonyl (C=O) groups is 2. The third-order valence-corrected chi connectivity index (χ3v) is 4.98. The van der Waals surface area contributed by atoms with Gasteiger partial charge in [-0.3, -0.25) is 9.59 Å². The lowest BCUT2D eigenvalue weighted by molar-refractivity contribution is -0.123. The number of allylic oxidation sites excluding steroid dienone is 1. The van der Waals surface area contributed by atoms with Crippen LogP contribution in [0.1, 0.15) is 61.2 Å². The van der Waals surface area contributed by atoms with Crippen molar-refractivity contribution >= 4 is 18.5 Å². The Labute approximate surface area is 158 Å². The van der Waals surface area contributed by atoms with E-state index in [2.05, 4.69) is 32.8 Å². The molecule has 2 heterocycles. The lowest BCUT2D eigenvalue weighted by Crippen LogP contribution is -2.52. The number of nitrogens with one attached hydrogen (secondary N) is 3. The monoisotopic (exact) mass is 373 g/mol. The third kappa shape index (κ3) is 5.03. The van der Waals surface area contributed by atoms with Crippen LogP contribution in [0.25, 0.3) is 0 Å². The number of nitrogens with zero attached hydrogens (tertiary/aromatic N) is 2. The van der Waals surface area contributed by atoms with Crippen molar-refractivity contribution in [3.63, 3.8) is 0 Å². The summed E-state index contributed by atoms with van der Waals surface area (Å²) in [5.41, 5.74) is 0.217. The molecule has 0 radical (unpaired) electrons. The fourth-order valence-corrected chi connectivity index (χ4v) is 3.30. The molecule has 1 atom stereocenters. The van der Waals surface area contributed by atoms with Gasteiger partial charge in [0, 0.05) is 12.0 Å². The highest BCUT2D eigenvalue weighted by Gasteiger charge is 2.33. The second-order valence-electron chi connectivity index (χ2n) is 7.07. The summed E-state index contributed by atoms with van der Waals surface area (Å²) >= 11 is 0. The Morgan fingerprint density at radius 3 is 2.78 bits per heavy atom. The van der Waals surface area contributed by atoms with Gasteiger partial charge in [0.05, 0.1) is 0 Å². The molecule has 1 saturated carbocycles. The van der Waals surface area contributed by atoms with E-state index in [1.165, 1.54) is 0 Å². The molecule has 0 aromatic carbocycles. The maximum absolute atomic E-state index is 12.9. The average molecular weight is 373 g/mol. The highest BCUT2D eigenvalue weighted by atomic mass is 16.5. The van der Waals surface area contributed by atoms with E-state index in [1.54, 1.807) is 12.1 Å². The molecular weight excluding hydrogens is 346 g/mol. The van der Waals surface area contributed by atoms with Crippen LogP contribution >= 0.6 is 0 Å². The van der Waals surface area contributed by atoms with Crippen LogP contribution in [-0.2, 0) is 4.79 Å². The third-order valence-electron chi connectivity index (χ3n) is 4.98. The Morgan fingerprint density at radius 1 is 1.41 bits per heavy atom. The van der Waals surface area contributed by atoms with E-state index < -0.39 is 11.9 Å². The van der Waals surface area contributed by atoms with Crippen molar-refractivity contribution in [1.29, 1.82) is 0 Å². The Bertz CT molecular complexity index is 717. The largest absolute Gasteiger partial charge is 0.360 e. The summed E-state index contributed by atoms with van der Waals surface area (Å²) in [5, 5.41) is 12.8. The van der Waals surface area contributed by atoms with Gasteiger partial charge in [-0.15, -0.1) is 0 Å². The minimum atomic E-state index is -0.664. The summed E-state index contributed by atoms with van der Waals surface area (Å²) in [7, 11) is 0. The molecule has 1 unspecified atom stereocenters. The predicted octanol–water partition coefficient (Wildman–Crippen LogP) is 1.72. The highest BCUT2D eigenvalue weighted by molar-refractivity contribution is 5.96. The Morgan fingerprint density at radius 2 is 2.15 bits per heavy atom. The van der Waals surface area contributed by atoms with Gasteiger partial charge in [0.15, 0.2) is 5.69 Å². The van der Waals surface area contributed by atoms with Crippen LogP contribution in [0.15, 0.2) is 27.5 Å². The molecule has 2 aliphatic rings. The molecule has 0 bridgehead atoms. The Kier molecular flexibility index (Phi) is 6.39. The number of aliphatic imine (C=N–C) groups is 1. The number of rotatable bonds is 8. The molecule has 1 aromatic rings. The van der Waals surface area contributed by atoms with E-state index in [0.29, 0.717) is 11.7 Å². The molecule has 1 saturated heterocycles. The Hall–Kier alpha value is -2.48. The topological polar surface area (TPSA) is 109 Å². The van der Waals surface area contributed by atoms with Gasteiger partial charge >= 0.3 is 0 Å². The van der Waals surface area contributed by atoms with E-state index in [0.717, 1.165) is 51.0 Å². The summed E-state index contributed by atoms with van der Waals surface area (Å²) in [5.74, 6) is 0.894. The zero-order chi connectivity index (χ0) is 19.2. The van der Waals surface area contributed by atoms with Gasteiger partial charge in [0.25, 0.3) is 5.91 Å². The minimum Gasteiger partial charge on any atom is -0.360 e. The lowest BCUT2D eigenvalue weighted by atomic mass is 9.89. The molecule has 8 nitrogen and oxygen atoms in total. The fraction of sp³-hybridized carbons (Fsp3) is 0.579. The molecule has 146 valence electrons. The molecule has 8 heteroatoms. The van der Waals surface area contributed by atoms with Crippen molar-refractivity contribution in [2.24, 2.45) is 10.9 Å². The van der Waals surface area contributed by atoms with Crippen molar-refractivity contribution in [2.45, 2.75) is 51.0 Å². The number of amides is 2. The van der Waals surface area contributed by atoms with Gasteiger partial charge in [-0.2, -0.15) is 0 Å². The maximum atomic E-state index is 12.9. The van der Waals surface area contributed by atoms with Crippen LogP contribution in [0.2, 0.25) is 0 Å². The van der Waals surface area contributed by atoms with Crippen LogP contribution in [0, 0.1) is 5.92 Å². The van der Waals surface area contributed by atoms with Crippen LogP contribution < -0.4 is 16.0 Å².